The molecule has 3 rings (SSSR count). The van der Waals surface area contributed by atoms with Crippen LogP contribution in [-0.2, 0) is 10.0 Å². The lowest BCUT2D eigenvalue weighted by molar-refractivity contribution is 0.0996. The molecule has 0 aliphatic rings. The van der Waals surface area contributed by atoms with Gasteiger partial charge >= 0.3 is 5.76 Å². The highest BCUT2D eigenvalue weighted by Crippen LogP contribution is 2.36. The Morgan fingerprint density at radius 3 is 2.69 bits per heavy atom. The van der Waals surface area contributed by atoms with E-state index in [0.717, 1.165) is 12.3 Å². The number of halogens is 3. The Balaban J connectivity index is 2.14. The first-order chi connectivity index (χ1) is 14.9. The molecule has 2 atom stereocenters. The number of H-pyrrole nitrogens is 1. The SMILES string of the molecule is Cc1c(Cl)ccc(F)c1[C@@H](C)[C@@H](NS(=O)(=O)c1ncc(Br)cc1C(N)=O)c1n[nH]c(=O)o1. The number of carbonyl (C=O) groups is 1. The Morgan fingerprint density at radius 1 is 1.41 bits per heavy atom. The number of aromatic amines is 1. The number of hydrogen-bond donors (Lipinski definition) is 3. The van der Waals surface area contributed by atoms with Gasteiger partial charge in [0.15, 0.2) is 5.03 Å². The zero-order chi connectivity index (χ0) is 23.8. The predicted molar refractivity (Wildman–Crippen MR) is 115 cm³/mol. The maximum atomic E-state index is 14.7. The van der Waals surface area contributed by atoms with E-state index in [1.54, 1.807) is 6.92 Å². The second kappa shape index (κ2) is 9.10. The van der Waals surface area contributed by atoms with Crippen molar-refractivity contribution in [1.29, 1.82) is 0 Å². The fraction of sp³-hybridized carbons (Fsp3) is 0.222. The zero-order valence-corrected chi connectivity index (χ0v) is 19.7. The molecule has 170 valence electrons. The van der Waals surface area contributed by atoms with Crippen LogP contribution in [0.4, 0.5) is 4.39 Å². The van der Waals surface area contributed by atoms with Gasteiger partial charge < -0.3 is 10.2 Å². The second-order valence-electron chi connectivity index (χ2n) is 6.78. The van der Waals surface area contributed by atoms with Gasteiger partial charge in [-0.3, -0.25) is 4.79 Å². The lowest BCUT2D eigenvalue weighted by Crippen LogP contribution is -2.34. The van der Waals surface area contributed by atoms with Crippen molar-refractivity contribution in [2.45, 2.75) is 30.8 Å². The summed E-state index contributed by atoms with van der Waals surface area (Å²) in [6, 6.07) is 2.31. The third kappa shape index (κ3) is 4.75. The first kappa shape index (κ1) is 24.0. The van der Waals surface area contributed by atoms with Crippen LogP contribution in [-0.4, -0.2) is 29.5 Å². The summed E-state index contributed by atoms with van der Waals surface area (Å²) >= 11 is 9.21. The van der Waals surface area contributed by atoms with Gasteiger partial charge in [0.25, 0.3) is 15.9 Å². The van der Waals surface area contributed by atoms with E-state index in [-0.39, 0.29) is 22.0 Å². The van der Waals surface area contributed by atoms with Crippen LogP contribution in [0.15, 0.2) is 43.1 Å². The molecule has 1 aromatic carbocycles. The molecule has 0 spiro atoms. The Kier molecular flexibility index (Phi) is 6.83. The molecular weight excluding hydrogens is 533 g/mol. The lowest BCUT2D eigenvalue weighted by atomic mass is 9.90. The summed E-state index contributed by atoms with van der Waals surface area (Å²) in [5.74, 6) is -3.95. The molecule has 4 N–H and O–H groups in total. The van der Waals surface area contributed by atoms with Crippen LogP contribution >= 0.6 is 27.5 Å². The minimum Gasteiger partial charge on any atom is -0.391 e. The first-order valence-electron chi connectivity index (χ1n) is 8.90. The number of amides is 1. The Hall–Kier alpha value is -2.61. The highest BCUT2D eigenvalue weighted by molar-refractivity contribution is 9.10. The van der Waals surface area contributed by atoms with E-state index < -0.39 is 44.5 Å². The van der Waals surface area contributed by atoms with Gasteiger partial charge in [-0.1, -0.05) is 18.5 Å². The highest BCUT2D eigenvalue weighted by atomic mass is 79.9. The van der Waals surface area contributed by atoms with Crippen molar-refractivity contribution in [2.75, 3.05) is 0 Å². The lowest BCUT2D eigenvalue weighted by Gasteiger charge is -2.24. The summed E-state index contributed by atoms with van der Waals surface area (Å²) < 4.78 is 48.6. The third-order valence-corrected chi connectivity index (χ3v) is 6.93. The van der Waals surface area contributed by atoms with Crippen molar-refractivity contribution in [3.8, 4) is 0 Å². The van der Waals surface area contributed by atoms with Crippen molar-refractivity contribution in [1.82, 2.24) is 19.9 Å². The monoisotopic (exact) mass is 547 g/mol. The van der Waals surface area contributed by atoms with Gasteiger partial charge in [0.2, 0.25) is 5.89 Å². The largest absolute Gasteiger partial charge is 0.434 e. The van der Waals surface area contributed by atoms with Crippen molar-refractivity contribution < 1.29 is 22.0 Å². The number of pyridine rings is 1. The molecule has 0 saturated heterocycles. The van der Waals surface area contributed by atoms with Crippen molar-refractivity contribution >= 4 is 43.5 Å². The molecule has 0 aliphatic carbocycles. The van der Waals surface area contributed by atoms with Crippen LogP contribution in [0.3, 0.4) is 0 Å². The number of aromatic nitrogens is 3. The average Bonchev–Trinajstić information content (AvgIpc) is 3.15. The van der Waals surface area contributed by atoms with E-state index >= 15 is 0 Å². The molecule has 2 aromatic heterocycles. The molecule has 1 amide bonds. The molecule has 0 saturated carbocycles. The number of primary amides is 1. The molecular formula is C18H16BrClFN5O5S. The summed E-state index contributed by atoms with van der Waals surface area (Å²) in [6.07, 6.45) is 1.16. The van der Waals surface area contributed by atoms with Crippen LogP contribution < -0.4 is 16.2 Å². The summed E-state index contributed by atoms with van der Waals surface area (Å²) in [7, 11) is -4.53. The van der Waals surface area contributed by atoms with E-state index in [4.69, 9.17) is 21.8 Å². The molecule has 10 nitrogen and oxygen atoms in total. The fourth-order valence-electron chi connectivity index (χ4n) is 3.18. The van der Waals surface area contributed by atoms with Crippen molar-refractivity contribution in [2.24, 2.45) is 5.73 Å². The predicted octanol–water partition coefficient (Wildman–Crippen LogP) is 2.54. The van der Waals surface area contributed by atoms with E-state index in [2.05, 4.69) is 30.7 Å². The van der Waals surface area contributed by atoms with Gasteiger partial charge in [-0.2, -0.15) is 4.72 Å². The summed E-state index contributed by atoms with van der Waals surface area (Å²) in [4.78, 5) is 27.1. The maximum absolute atomic E-state index is 14.7. The van der Waals surface area contributed by atoms with Gasteiger partial charge in [-0.25, -0.2) is 27.7 Å². The molecule has 3 aromatic rings. The normalized spacial score (nSPS) is 13.7. The topological polar surface area (TPSA) is 161 Å². The minimum atomic E-state index is -4.53. The van der Waals surface area contributed by atoms with Crippen LogP contribution in [0.25, 0.3) is 0 Å². The Labute approximate surface area is 194 Å². The molecule has 0 aliphatic heterocycles. The number of nitrogens with two attached hydrogens (primary N) is 1. The number of rotatable bonds is 7. The zero-order valence-electron chi connectivity index (χ0n) is 16.5. The fourth-order valence-corrected chi connectivity index (χ4v) is 5.06. The Morgan fingerprint density at radius 2 is 2.09 bits per heavy atom. The van der Waals surface area contributed by atoms with E-state index in [1.807, 2.05) is 5.10 Å². The van der Waals surface area contributed by atoms with Gasteiger partial charge in [-0.05, 0) is 52.2 Å². The summed E-state index contributed by atoms with van der Waals surface area (Å²) in [5, 5.41) is 5.32. The summed E-state index contributed by atoms with van der Waals surface area (Å²) in [6.45, 7) is 3.05. The standard InChI is InChI=1S/C18H16BrClFN5O5S/c1-7-11(20)3-4-12(21)13(7)8(2)14(16-24-25-18(28)31-16)26-32(29,30)17-10(15(22)27)5-9(19)6-23-17/h3-6,8,14,26H,1-2H3,(H2,22,27)(H,25,28)/t8-,14-/m1/s1. The van der Waals surface area contributed by atoms with Gasteiger partial charge in [0, 0.05) is 21.6 Å². The van der Waals surface area contributed by atoms with Gasteiger partial charge in [-0.15, -0.1) is 5.10 Å². The van der Waals surface area contributed by atoms with Crippen LogP contribution in [0.5, 0.6) is 0 Å². The Bertz CT molecular complexity index is 1360. The molecule has 0 fully saturated rings. The molecule has 32 heavy (non-hydrogen) atoms. The van der Waals surface area contributed by atoms with Crippen molar-refractivity contribution in [3.05, 3.63) is 72.8 Å². The van der Waals surface area contributed by atoms with E-state index in [9.17, 15) is 22.4 Å². The molecule has 2 heterocycles. The number of carbonyl (C=O) groups excluding carboxylic acids is 1. The smallest absolute Gasteiger partial charge is 0.391 e. The highest BCUT2D eigenvalue weighted by Gasteiger charge is 2.35. The minimum absolute atomic E-state index is 0.0785. The van der Waals surface area contributed by atoms with Crippen LogP contribution in [0.1, 0.15) is 46.3 Å². The average molecular weight is 549 g/mol. The molecule has 14 heteroatoms. The number of benzene rings is 1. The van der Waals surface area contributed by atoms with Crippen LogP contribution in [0, 0.1) is 12.7 Å². The van der Waals surface area contributed by atoms with Gasteiger partial charge in [0.1, 0.15) is 11.9 Å². The van der Waals surface area contributed by atoms with E-state index in [0.29, 0.717) is 10.0 Å². The van der Waals surface area contributed by atoms with Crippen LogP contribution in [0.2, 0.25) is 5.02 Å². The number of sulfonamides is 1. The van der Waals surface area contributed by atoms with Gasteiger partial charge in [0.05, 0.1) is 5.56 Å². The number of hydrogen-bond acceptors (Lipinski definition) is 7. The molecule has 0 bridgehead atoms. The third-order valence-electron chi connectivity index (χ3n) is 4.69. The maximum Gasteiger partial charge on any atom is 0.434 e. The number of nitrogens with zero attached hydrogens (tertiary/aromatic N) is 2. The van der Waals surface area contributed by atoms with Crippen molar-refractivity contribution in [3.63, 3.8) is 0 Å². The second-order valence-corrected chi connectivity index (χ2v) is 9.73. The molecule has 0 radical (unpaired) electrons. The quantitative estimate of drug-likeness (QED) is 0.409. The first-order valence-corrected chi connectivity index (χ1v) is 11.6. The molecule has 0 unspecified atom stereocenters. The van der Waals surface area contributed by atoms with E-state index in [1.165, 1.54) is 19.1 Å². The summed E-state index contributed by atoms with van der Waals surface area (Å²) in [5.41, 5.74) is 5.36. The number of nitrogens with one attached hydrogen (secondary N) is 2.